The van der Waals surface area contributed by atoms with Crippen LogP contribution in [0.2, 0.25) is 0 Å². The molecule has 0 bridgehead atoms. The van der Waals surface area contributed by atoms with Crippen LogP contribution in [0.4, 0.5) is 0 Å². The van der Waals surface area contributed by atoms with Crippen LogP contribution < -0.4 is 16.0 Å². The lowest BCUT2D eigenvalue weighted by atomic mass is 9.88. The molecule has 1 unspecified atom stereocenters. The fourth-order valence-electron chi connectivity index (χ4n) is 7.34. The summed E-state index contributed by atoms with van der Waals surface area (Å²) < 4.78 is 39.6. The second-order valence-corrected chi connectivity index (χ2v) is 14.8. The smallest absolute Gasteiger partial charge is 0.364 e. The van der Waals surface area contributed by atoms with Crippen molar-refractivity contribution in [2.24, 2.45) is 0 Å². The number of carboxylic acid groups (broad SMARTS) is 1. The van der Waals surface area contributed by atoms with Gasteiger partial charge < -0.3 is 115 Å². The minimum atomic E-state index is -2.93. The fraction of sp³-hybridized carbons (Fsp3) is 0.879. The molecule has 0 aromatic heterocycles. The van der Waals surface area contributed by atoms with Crippen molar-refractivity contribution in [3.8, 4) is 0 Å². The highest BCUT2D eigenvalue weighted by Gasteiger charge is 2.58. The normalized spacial score (nSPS) is 43.3. The van der Waals surface area contributed by atoms with Gasteiger partial charge >= 0.3 is 5.97 Å². The van der Waals surface area contributed by atoms with Crippen molar-refractivity contribution in [3.05, 3.63) is 0 Å². The van der Waals surface area contributed by atoms with Gasteiger partial charge in [-0.05, 0) is 0 Å². The molecule has 0 spiro atoms. The third-order valence-corrected chi connectivity index (χ3v) is 10.4. The Bertz CT molecular complexity index is 1470. The van der Waals surface area contributed by atoms with Crippen molar-refractivity contribution >= 4 is 23.7 Å². The molecule has 0 aromatic rings. The first-order valence-electron chi connectivity index (χ1n) is 18.7. The van der Waals surface area contributed by atoms with Crippen molar-refractivity contribution < 1.29 is 119 Å². The van der Waals surface area contributed by atoms with Gasteiger partial charge in [0.05, 0.1) is 38.6 Å². The minimum Gasteiger partial charge on any atom is -0.477 e. The van der Waals surface area contributed by atoms with Crippen molar-refractivity contribution in [1.29, 1.82) is 0 Å². The molecule has 4 heterocycles. The van der Waals surface area contributed by atoms with Gasteiger partial charge in [0, 0.05) is 27.2 Å². The van der Waals surface area contributed by atoms with E-state index >= 15 is 0 Å². The van der Waals surface area contributed by atoms with E-state index in [1.54, 1.807) is 0 Å². The first kappa shape index (κ1) is 49.8. The third kappa shape index (κ3) is 11.0. The number of ether oxygens (including phenoxy) is 7. The zero-order chi connectivity index (χ0) is 45.0. The quantitative estimate of drug-likeness (QED) is 0.0684. The number of aliphatic hydroxyl groups is 12. The molecule has 0 aliphatic carbocycles. The van der Waals surface area contributed by atoms with Gasteiger partial charge in [-0.3, -0.25) is 14.4 Å². The van der Waals surface area contributed by atoms with Gasteiger partial charge in [-0.2, -0.15) is 0 Å². The lowest BCUT2D eigenvalue weighted by molar-refractivity contribution is -0.360. The molecular formula is C33H55N3O24. The highest BCUT2D eigenvalue weighted by molar-refractivity contribution is 5.77. The van der Waals surface area contributed by atoms with Crippen LogP contribution in [0.15, 0.2) is 0 Å². The second kappa shape index (κ2) is 21.0. The van der Waals surface area contributed by atoms with E-state index in [2.05, 4.69) is 16.0 Å². The molecule has 346 valence electrons. The van der Waals surface area contributed by atoms with Crippen LogP contribution in [0, 0.1) is 0 Å². The molecule has 4 rings (SSSR count). The van der Waals surface area contributed by atoms with Crippen LogP contribution in [-0.4, -0.2) is 245 Å². The van der Waals surface area contributed by atoms with E-state index in [1.807, 2.05) is 0 Å². The zero-order valence-electron chi connectivity index (χ0n) is 32.4. The third-order valence-electron chi connectivity index (χ3n) is 10.4. The van der Waals surface area contributed by atoms with Crippen molar-refractivity contribution in [1.82, 2.24) is 16.0 Å². The van der Waals surface area contributed by atoms with E-state index in [9.17, 15) is 85.6 Å². The fourth-order valence-corrected chi connectivity index (χ4v) is 7.34. The average Bonchev–Trinajstić information content (AvgIpc) is 3.18. The SMILES string of the molecule is CC(=O)N[C@@H]1[C@@H](OC2O[C@H](CO)[C@@H](O)[C@H](O[C@@H]3O[C@H](CO)[C@H](O)[C@H](O)[C@H]3O)[C@H]2NC(C)=O)[C@@H](O)[C@@H](CO[C@]2(C(=O)O)C[C@H](O)[C@@H](NC(C)=O)[C@H]([C@H](O)[C@H](O)CO)O2)O[C@@H]1O. The van der Waals surface area contributed by atoms with E-state index in [4.69, 9.17) is 33.2 Å². The summed E-state index contributed by atoms with van der Waals surface area (Å²) in [6.45, 7) is -0.889. The molecule has 3 amide bonds. The summed E-state index contributed by atoms with van der Waals surface area (Å²) in [5.74, 6) is -7.26. The van der Waals surface area contributed by atoms with Gasteiger partial charge in [0.2, 0.25) is 17.7 Å². The maximum atomic E-state index is 12.7. The first-order valence-corrected chi connectivity index (χ1v) is 18.7. The van der Waals surface area contributed by atoms with E-state index in [0.29, 0.717) is 0 Å². The lowest BCUT2D eigenvalue weighted by Gasteiger charge is -2.50. The molecule has 4 aliphatic heterocycles. The molecule has 0 radical (unpaired) electrons. The lowest BCUT2D eigenvalue weighted by Crippen LogP contribution is -2.71. The molecule has 60 heavy (non-hydrogen) atoms. The number of carbonyl (C=O) groups excluding carboxylic acids is 3. The standard InChI is InChI=1S/C33H55N3O24/c1-9(40)34-17-12(43)4-33(32(52)53,60-28(17)20(45)13(44)5-37)54-8-16-23(48)26(18(29(51)55-16)35-10(2)41)58-30-19(36-11(3)42)27(22(47)15(7-39)56-30)59-31-25(50)24(49)21(46)14(6-38)57-31/h12-31,37-39,43-51H,4-8H2,1-3H3,(H,34,40)(H,35,41)(H,36,42)(H,52,53)/t12-,13+,14+,15+,16+,17+,18+,19+,20+,21-,22+,23-,24-,25+,26+,27+,28+,29-,30?,31-,33+/m0/s1. The highest BCUT2D eigenvalue weighted by atomic mass is 16.8. The summed E-state index contributed by atoms with van der Waals surface area (Å²) in [6, 6.07) is -4.96. The number of aliphatic carboxylic acids is 1. The van der Waals surface area contributed by atoms with E-state index in [1.165, 1.54) is 0 Å². The molecule has 27 nitrogen and oxygen atoms in total. The van der Waals surface area contributed by atoms with Crippen molar-refractivity contribution in [3.63, 3.8) is 0 Å². The predicted octanol–water partition coefficient (Wildman–Crippen LogP) is -10.1. The van der Waals surface area contributed by atoms with Crippen LogP contribution in [-0.2, 0) is 52.3 Å². The Hall–Kier alpha value is -2.88. The number of aliphatic hydroxyl groups excluding tert-OH is 12. The number of rotatable bonds is 16. The molecule has 21 atom stereocenters. The van der Waals surface area contributed by atoms with Crippen molar-refractivity contribution in [2.75, 3.05) is 26.4 Å². The number of hydrogen-bond donors (Lipinski definition) is 16. The largest absolute Gasteiger partial charge is 0.477 e. The van der Waals surface area contributed by atoms with Gasteiger partial charge in [0.15, 0.2) is 18.9 Å². The van der Waals surface area contributed by atoms with Crippen LogP contribution in [0.25, 0.3) is 0 Å². The maximum Gasteiger partial charge on any atom is 0.364 e. The van der Waals surface area contributed by atoms with Gasteiger partial charge in [0.1, 0.15) is 91.4 Å². The molecule has 4 saturated heterocycles. The van der Waals surface area contributed by atoms with Gasteiger partial charge in [-0.25, -0.2) is 4.79 Å². The Morgan fingerprint density at radius 3 is 1.72 bits per heavy atom. The van der Waals surface area contributed by atoms with Crippen LogP contribution in [0.3, 0.4) is 0 Å². The average molecular weight is 878 g/mol. The van der Waals surface area contributed by atoms with Crippen LogP contribution in [0.5, 0.6) is 0 Å². The molecular weight excluding hydrogens is 822 g/mol. The first-order chi connectivity index (χ1) is 28.1. The van der Waals surface area contributed by atoms with Crippen LogP contribution in [0.1, 0.15) is 27.2 Å². The molecule has 0 saturated carbocycles. The van der Waals surface area contributed by atoms with Crippen molar-refractivity contribution in [2.45, 2.75) is 155 Å². The van der Waals surface area contributed by atoms with Gasteiger partial charge in [0.25, 0.3) is 5.79 Å². The second-order valence-electron chi connectivity index (χ2n) is 14.8. The Labute approximate surface area is 340 Å². The Kier molecular flexibility index (Phi) is 17.4. The number of nitrogens with one attached hydrogen (secondary N) is 3. The summed E-state index contributed by atoms with van der Waals surface area (Å²) in [5.41, 5.74) is 0. The summed E-state index contributed by atoms with van der Waals surface area (Å²) in [6.07, 6.45) is -33.2. The van der Waals surface area contributed by atoms with Gasteiger partial charge in [-0.1, -0.05) is 0 Å². The molecule has 4 fully saturated rings. The van der Waals surface area contributed by atoms with E-state index < -0.39 is 185 Å². The molecule has 27 heteroatoms. The molecule has 16 N–H and O–H groups in total. The monoisotopic (exact) mass is 877 g/mol. The maximum absolute atomic E-state index is 12.7. The summed E-state index contributed by atoms with van der Waals surface area (Å²) in [4.78, 5) is 49.4. The Morgan fingerprint density at radius 2 is 1.17 bits per heavy atom. The van der Waals surface area contributed by atoms with E-state index in [-0.39, 0.29) is 0 Å². The van der Waals surface area contributed by atoms with Crippen LogP contribution >= 0.6 is 0 Å². The summed E-state index contributed by atoms with van der Waals surface area (Å²) in [7, 11) is 0. The Morgan fingerprint density at radius 1 is 0.667 bits per heavy atom. The number of carboxylic acids is 1. The van der Waals surface area contributed by atoms with Gasteiger partial charge in [-0.15, -0.1) is 0 Å². The van der Waals surface area contributed by atoms with E-state index in [0.717, 1.165) is 20.8 Å². The number of carbonyl (C=O) groups is 4. The molecule has 4 aliphatic rings. The summed E-state index contributed by atoms with van der Waals surface area (Å²) in [5, 5.41) is 143. The topological polar surface area (TPSA) is 432 Å². The Balaban J connectivity index is 1.66. The zero-order valence-corrected chi connectivity index (χ0v) is 32.4. The molecule has 0 aromatic carbocycles. The minimum absolute atomic E-state index is 0.760. The number of hydrogen-bond acceptors (Lipinski definition) is 23. The number of amides is 3. The highest BCUT2D eigenvalue weighted by Crippen LogP contribution is 2.36. The predicted molar refractivity (Wildman–Crippen MR) is 186 cm³/mol. The summed E-state index contributed by atoms with van der Waals surface area (Å²) >= 11 is 0.